The Kier molecular flexibility index (Phi) is 7.56. The molecule has 34 heavy (non-hydrogen) atoms. The van der Waals surface area contributed by atoms with Crippen molar-refractivity contribution in [3.63, 3.8) is 0 Å². The number of nitrogens with one attached hydrogen (secondary N) is 1. The summed E-state index contributed by atoms with van der Waals surface area (Å²) in [5.41, 5.74) is 2.42. The Morgan fingerprint density at radius 3 is 2.35 bits per heavy atom. The highest BCUT2D eigenvalue weighted by molar-refractivity contribution is 5.91. The van der Waals surface area contributed by atoms with Gasteiger partial charge >= 0.3 is 6.09 Å². The molecule has 1 N–H and O–H groups in total. The van der Waals surface area contributed by atoms with Crippen LogP contribution in [0.2, 0.25) is 0 Å². The van der Waals surface area contributed by atoms with Gasteiger partial charge in [-0.15, -0.1) is 0 Å². The molecular formula is C27H30N2O5. The summed E-state index contributed by atoms with van der Waals surface area (Å²) >= 11 is 0. The number of nitrogens with zero attached hydrogens (tertiary/aromatic N) is 1. The second kappa shape index (κ2) is 10.4. The first-order valence-electron chi connectivity index (χ1n) is 11.1. The van der Waals surface area contributed by atoms with E-state index in [1.54, 1.807) is 20.8 Å². The number of amides is 1. The van der Waals surface area contributed by atoms with E-state index in [1.807, 2.05) is 54.6 Å². The first kappa shape index (κ1) is 24.8. The average Bonchev–Trinajstić information content (AvgIpc) is 2.77. The fraction of sp³-hybridized carbons (Fsp3) is 0.296. The maximum atomic E-state index is 12.4. The molecule has 3 aromatic carbocycles. The fourth-order valence-electron chi connectivity index (χ4n) is 3.38. The third-order valence-electron chi connectivity index (χ3n) is 5.03. The van der Waals surface area contributed by atoms with Gasteiger partial charge in [0.15, 0.2) is 0 Å². The maximum absolute atomic E-state index is 12.4. The van der Waals surface area contributed by atoms with Crippen LogP contribution in [0.4, 0.5) is 16.2 Å². The van der Waals surface area contributed by atoms with E-state index >= 15 is 0 Å². The molecule has 0 radical (unpaired) electrons. The molecule has 0 fully saturated rings. The van der Waals surface area contributed by atoms with Crippen LogP contribution in [0.5, 0.6) is 5.75 Å². The Morgan fingerprint density at radius 1 is 1.03 bits per heavy atom. The minimum Gasteiger partial charge on any atom is -0.488 e. The lowest BCUT2D eigenvalue weighted by Gasteiger charge is -2.20. The molecule has 0 heterocycles. The van der Waals surface area contributed by atoms with Crippen molar-refractivity contribution < 1.29 is 19.2 Å². The van der Waals surface area contributed by atoms with Crippen molar-refractivity contribution in [3.05, 3.63) is 88.0 Å². The van der Waals surface area contributed by atoms with Gasteiger partial charge in [-0.3, -0.25) is 15.4 Å². The molecule has 3 rings (SSSR count). The minimum atomic E-state index is -0.779. The highest BCUT2D eigenvalue weighted by atomic mass is 16.6. The van der Waals surface area contributed by atoms with E-state index in [2.05, 4.69) is 19.2 Å². The van der Waals surface area contributed by atoms with Gasteiger partial charge in [-0.05, 0) is 43.4 Å². The second-order valence-electron chi connectivity index (χ2n) is 9.30. The van der Waals surface area contributed by atoms with Crippen LogP contribution in [0.1, 0.15) is 51.7 Å². The molecule has 0 spiro atoms. The van der Waals surface area contributed by atoms with Crippen LogP contribution in [0.15, 0.2) is 66.7 Å². The molecule has 0 unspecified atom stereocenters. The van der Waals surface area contributed by atoms with Gasteiger partial charge in [0.05, 0.1) is 4.92 Å². The van der Waals surface area contributed by atoms with Gasteiger partial charge in [0.2, 0.25) is 0 Å². The highest BCUT2D eigenvalue weighted by Crippen LogP contribution is 2.40. The van der Waals surface area contributed by atoms with Crippen LogP contribution in [0.3, 0.4) is 0 Å². The number of hydrogen-bond donors (Lipinski definition) is 1. The quantitative estimate of drug-likeness (QED) is 0.294. The highest BCUT2D eigenvalue weighted by Gasteiger charge is 2.24. The lowest BCUT2D eigenvalue weighted by molar-refractivity contribution is -0.383. The van der Waals surface area contributed by atoms with Crippen LogP contribution >= 0.6 is 0 Å². The largest absolute Gasteiger partial charge is 0.488 e. The summed E-state index contributed by atoms with van der Waals surface area (Å²) in [5.74, 6) is 0.707. The van der Waals surface area contributed by atoms with Crippen LogP contribution in [-0.2, 0) is 11.3 Å². The Hall–Kier alpha value is -3.87. The molecule has 0 aliphatic carbocycles. The molecule has 0 saturated carbocycles. The van der Waals surface area contributed by atoms with Gasteiger partial charge in [-0.1, -0.05) is 68.4 Å². The number of carbonyl (C=O) groups excluding carboxylic acids is 1. The van der Waals surface area contributed by atoms with Gasteiger partial charge in [0, 0.05) is 17.7 Å². The van der Waals surface area contributed by atoms with Crippen LogP contribution < -0.4 is 10.1 Å². The Labute approximate surface area is 199 Å². The summed E-state index contributed by atoms with van der Waals surface area (Å²) in [6.07, 6.45) is -0.779. The molecule has 0 aliphatic heterocycles. The first-order valence-corrected chi connectivity index (χ1v) is 11.1. The van der Waals surface area contributed by atoms with E-state index in [-0.39, 0.29) is 23.9 Å². The van der Waals surface area contributed by atoms with E-state index in [0.29, 0.717) is 11.3 Å². The predicted molar refractivity (Wildman–Crippen MR) is 133 cm³/mol. The maximum Gasteiger partial charge on any atom is 0.412 e. The van der Waals surface area contributed by atoms with E-state index in [4.69, 9.17) is 9.47 Å². The van der Waals surface area contributed by atoms with Gasteiger partial charge < -0.3 is 9.47 Å². The van der Waals surface area contributed by atoms with E-state index in [0.717, 1.165) is 16.7 Å². The zero-order valence-electron chi connectivity index (χ0n) is 20.1. The van der Waals surface area contributed by atoms with Crippen molar-refractivity contribution in [2.24, 2.45) is 0 Å². The number of benzene rings is 3. The summed E-state index contributed by atoms with van der Waals surface area (Å²) in [5, 5.41) is 14.4. The number of nitro benzene ring substituents is 1. The molecule has 1 amide bonds. The van der Waals surface area contributed by atoms with Crippen LogP contribution in [0, 0.1) is 10.1 Å². The zero-order chi connectivity index (χ0) is 24.9. The normalized spacial score (nSPS) is 11.2. The molecule has 178 valence electrons. The minimum absolute atomic E-state index is 0.00563. The number of rotatable bonds is 7. The van der Waals surface area contributed by atoms with Gasteiger partial charge in [0.25, 0.3) is 5.69 Å². The van der Waals surface area contributed by atoms with E-state index in [9.17, 15) is 14.9 Å². The number of carbonyl (C=O) groups is 1. The lowest BCUT2D eigenvalue weighted by Crippen LogP contribution is -2.27. The van der Waals surface area contributed by atoms with E-state index in [1.165, 1.54) is 12.1 Å². The summed E-state index contributed by atoms with van der Waals surface area (Å²) in [6, 6.07) is 20.4. The van der Waals surface area contributed by atoms with Crippen LogP contribution in [-0.4, -0.2) is 16.6 Å². The third-order valence-corrected chi connectivity index (χ3v) is 5.03. The predicted octanol–water partition coefficient (Wildman–Crippen LogP) is 7.31. The molecule has 0 atom stereocenters. The molecule has 0 saturated heterocycles. The standard InChI is InChI=1S/C27H30N2O5/c1-18(2)20-12-9-13-21(14-20)22-15-24(29(31)32)23(28-26(30)34-27(3,4)5)16-25(22)33-17-19-10-7-6-8-11-19/h6-16,18H,17H2,1-5H3,(H,28,30). The Morgan fingerprint density at radius 2 is 1.74 bits per heavy atom. The molecular weight excluding hydrogens is 432 g/mol. The topological polar surface area (TPSA) is 90.7 Å². The third kappa shape index (κ3) is 6.57. The molecule has 3 aromatic rings. The second-order valence-corrected chi connectivity index (χ2v) is 9.30. The van der Waals surface area contributed by atoms with Crippen molar-refractivity contribution >= 4 is 17.5 Å². The SMILES string of the molecule is CC(C)c1cccc(-c2cc([N+](=O)[O-])c(NC(=O)OC(C)(C)C)cc2OCc2ccccc2)c1. The van der Waals surface area contributed by atoms with Gasteiger partial charge in [0.1, 0.15) is 23.6 Å². The molecule has 0 bridgehead atoms. The Balaban J connectivity index is 2.08. The number of anilines is 1. The monoisotopic (exact) mass is 462 g/mol. The van der Waals surface area contributed by atoms with Crippen LogP contribution in [0.25, 0.3) is 11.1 Å². The summed E-state index contributed by atoms with van der Waals surface area (Å²) in [7, 11) is 0. The van der Waals surface area contributed by atoms with Crippen molar-refractivity contribution in [2.45, 2.75) is 52.7 Å². The fourth-order valence-corrected chi connectivity index (χ4v) is 3.38. The average molecular weight is 463 g/mol. The molecule has 0 aromatic heterocycles. The van der Waals surface area contributed by atoms with Crippen molar-refractivity contribution in [3.8, 4) is 16.9 Å². The summed E-state index contributed by atoms with van der Waals surface area (Å²) in [4.78, 5) is 23.8. The molecule has 0 aliphatic rings. The number of nitro groups is 1. The number of ether oxygens (including phenoxy) is 2. The van der Waals surface area contributed by atoms with Gasteiger partial charge in [-0.25, -0.2) is 4.79 Å². The number of hydrogen-bond acceptors (Lipinski definition) is 5. The molecule has 7 nitrogen and oxygen atoms in total. The Bertz CT molecular complexity index is 1170. The summed E-state index contributed by atoms with van der Waals surface area (Å²) < 4.78 is 11.4. The summed E-state index contributed by atoms with van der Waals surface area (Å²) in [6.45, 7) is 9.60. The molecule has 7 heteroatoms. The van der Waals surface area contributed by atoms with Crippen molar-refractivity contribution in [1.82, 2.24) is 0 Å². The van der Waals surface area contributed by atoms with Gasteiger partial charge in [-0.2, -0.15) is 0 Å². The first-order chi connectivity index (χ1) is 16.0. The van der Waals surface area contributed by atoms with Crippen molar-refractivity contribution in [1.29, 1.82) is 0 Å². The van der Waals surface area contributed by atoms with E-state index < -0.39 is 16.6 Å². The van der Waals surface area contributed by atoms with Crippen molar-refractivity contribution in [2.75, 3.05) is 5.32 Å². The smallest absolute Gasteiger partial charge is 0.412 e. The lowest BCUT2D eigenvalue weighted by atomic mass is 9.96. The zero-order valence-corrected chi connectivity index (χ0v) is 20.1.